The van der Waals surface area contributed by atoms with Crippen LogP contribution in [-0.2, 0) is 6.54 Å². The van der Waals surface area contributed by atoms with E-state index in [0.29, 0.717) is 23.1 Å². The minimum absolute atomic E-state index is 0.218. The number of aromatic nitrogens is 2. The molecule has 0 aliphatic carbocycles. The lowest BCUT2D eigenvalue weighted by Gasteiger charge is -2.07. The van der Waals surface area contributed by atoms with Gasteiger partial charge in [0.2, 0.25) is 0 Å². The Balaban J connectivity index is 1.61. The molecule has 0 spiro atoms. The summed E-state index contributed by atoms with van der Waals surface area (Å²) in [7, 11) is 0. The van der Waals surface area contributed by atoms with Crippen LogP contribution in [0.25, 0.3) is 0 Å². The fourth-order valence-electron chi connectivity index (χ4n) is 2.00. The molecule has 0 saturated heterocycles. The fraction of sp³-hybridized carbons (Fsp3) is 0.118. The van der Waals surface area contributed by atoms with Crippen LogP contribution >= 0.6 is 11.6 Å². The monoisotopic (exact) mass is 342 g/mol. The summed E-state index contributed by atoms with van der Waals surface area (Å²) in [6, 6.07) is 12.3. The number of amides is 1. The Labute approximate surface area is 143 Å². The fourth-order valence-corrected chi connectivity index (χ4v) is 2.18. The van der Waals surface area contributed by atoms with E-state index in [4.69, 9.17) is 16.0 Å². The number of aryl methyl sites for hydroxylation is 1. The van der Waals surface area contributed by atoms with Crippen molar-refractivity contribution in [1.82, 2.24) is 10.2 Å². The molecule has 0 aliphatic rings. The first-order chi connectivity index (χ1) is 11.6. The predicted molar refractivity (Wildman–Crippen MR) is 92.2 cm³/mol. The van der Waals surface area contributed by atoms with Crippen LogP contribution in [0.3, 0.4) is 0 Å². The average Bonchev–Trinajstić information content (AvgIpc) is 3.10. The molecule has 1 aromatic carbocycles. The Morgan fingerprint density at radius 1 is 1.21 bits per heavy atom. The summed E-state index contributed by atoms with van der Waals surface area (Å²) < 4.78 is 5.22. The van der Waals surface area contributed by atoms with Gasteiger partial charge in [0.1, 0.15) is 11.6 Å². The summed E-state index contributed by atoms with van der Waals surface area (Å²) in [6.45, 7) is 2.39. The summed E-state index contributed by atoms with van der Waals surface area (Å²) in [6.07, 6.45) is 1.60. The van der Waals surface area contributed by atoms with Crippen LogP contribution in [-0.4, -0.2) is 16.1 Å². The zero-order valence-electron chi connectivity index (χ0n) is 12.9. The molecule has 122 valence electrons. The summed E-state index contributed by atoms with van der Waals surface area (Å²) in [5.74, 6) is 0.996. The molecule has 7 heteroatoms. The maximum Gasteiger partial charge on any atom is 0.276 e. The van der Waals surface area contributed by atoms with Crippen molar-refractivity contribution in [3.8, 4) is 0 Å². The molecule has 1 amide bonds. The summed E-state index contributed by atoms with van der Waals surface area (Å²) >= 11 is 6.05. The molecule has 0 atom stereocenters. The van der Waals surface area contributed by atoms with Gasteiger partial charge in [-0.1, -0.05) is 17.7 Å². The molecule has 0 aliphatic heterocycles. The van der Waals surface area contributed by atoms with Crippen LogP contribution in [0.5, 0.6) is 0 Å². The number of halogens is 1. The van der Waals surface area contributed by atoms with Crippen LogP contribution in [0, 0.1) is 6.92 Å². The number of anilines is 2. The Bertz CT molecular complexity index is 832. The number of carbonyl (C=O) groups excluding carboxylic acids is 1. The molecular formula is C17H15ClN4O2. The quantitative estimate of drug-likeness (QED) is 0.735. The second-order valence-electron chi connectivity index (χ2n) is 5.15. The van der Waals surface area contributed by atoms with Gasteiger partial charge < -0.3 is 15.1 Å². The number of rotatable bonds is 5. The highest BCUT2D eigenvalue weighted by Gasteiger charge is 2.09. The number of carbonyl (C=O) groups is 1. The number of nitrogens with zero attached hydrogens (tertiary/aromatic N) is 2. The van der Waals surface area contributed by atoms with Crippen molar-refractivity contribution in [2.45, 2.75) is 13.5 Å². The first-order valence-corrected chi connectivity index (χ1v) is 7.67. The zero-order chi connectivity index (χ0) is 16.9. The van der Waals surface area contributed by atoms with Crippen LogP contribution in [0.1, 0.15) is 21.8 Å². The van der Waals surface area contributed by atoms with E-state index < -0.39 is 0 Å². The van der Waals surface area contributed by atoms with Crippen molar-refractivity contribution in [1.29, 1.82) is 0 Å². The predicted octanol–water partition coefficient (Wildman–Crippen LogP) is 3.90. The highest BCUT2D eigenvalue weighted by molar-refractivity contribution is 6.31. The van der Waals surface area contributed by atoms with Crippen LogP contribution in [0.15, 0.2) is 53.1 Å². The normalized spacial score (nSPS) is 10.4. The van der Waals surface area contributed by atoms with Crippen molar-refractivity contribution in [3.63, 3.8) is 0 Å². The molecule has 24 heavy (non-hydrogen) atoms. The Hall–Kier alpha value is -2.86. The smallest absolute Gasteiger partial charge is 0.276 e. The summed E-state index contributed by atoms with van der Waals surface area (Å²) in [4.78, 5) is 12.2. The maximum atomic E-state index is 12.2. The van der Waals surface area contributed by atoms with E-state index in [1.54, 1.807) is 30.5 Å². The molecule has 0 unspecified atom stereocenters. The van der Waals surface area contributed by atoms with Crippen molar-refractivity contribution in [2.24, 2.45) is 0 Å². The molecule has 0 fully saturated rings. The third-order valence-corrected chi connectivity index (χ3v) is 3.76. The number of hydrogen-bond acceptors (Lipinski definition) is 5. The average molecular weight is 343 g/mol. The molecular weight excluding hydrogens is 328 g/mol. The van der Waals surface area contributed by atoms with Crippen LogP contribution < -0.4 is 10.6 Å². The van der Waals surface area contributed by atoms with Crippen molar-refractivity contribution >= 4 is 29.0 Å². The SMILES string of the molecule is Cc1ccc(NC(=O)c2ccc(NCc3ccco3)nn2)cc1Cl. The summed E-state index contributed by atoms with van der Waals surface area (Å²) in [5.41, 5.74) is 1.77. The van der Waals surface area contributed by atoms with Gasteiger partial charge in [-0.3, -0.25) is 4.79 Å². The lowest BCUT2D eigenvalue weighted by atomic mass is 10.2. The van der Waals surface area contributed by atoms with E-state index in [-0.39, 0.29) is 11.6 Å². The summed E-state index contributed by atoms with van der Waals surface area (Å²) in [5, 5.41) is 14.3. The molecule has 2 N–H and O–H groups in total. The molecule has 3 rings (SSSR count). The third kappa shape index (κ3) is 3.91. The molecule has 3 aromatic rings. The second kappa shape index (κ2) is 7.14. The molecule has 0 radical (unpaired) electrons. The minimum Gasteiger partial charge on any atom is -0.467 e. The van der Waals surface area contributed by atoms with E-state index in [1.807, 2.05) is 25.1 Å². The highest BCUT2D eigenvalue weighted by atomic mass is 35.5. The van der Waals surface area contributed by atoms with E-state index in [1.165, 1.54) is 0 Å². The van der Waals surface area contributed by atoms with Crippen LogP contribution in [0.4, 0.5) is 11.5 Å². The van der Waals surface area contributed by atoms with Crippen molar-refractivity contribution in [3.05, 3.63) is 70.8 Å². The molecule has 6 nitrogen and oxygen atoms in total. The van der Waals surface area contributed by atoms with Gasteiger partial charge in [-0.25, -0.2) is 0 Å². The largest absolute Gasteiger partial charge is 0.467 e. The minimum atomic E-state index is -0.347. The Morgan fingerprint density at radius 2 is 2.08 bits per heavy atom. The van der Waals surface area contributed by atoms with Gasteiger partial charge in [0.25, 0.3) is 5.91 Å². The number of hydrogen-bond donors (Lipinski definition) is 2. The lowest BCUT2D eigenvalue weighted by molar-refractivity contribution is 0.102. The van der Waals surface area contributed by atoms with E-state index in [9.17, 15) is 4.79 Å². The van der Waals surface area contributed by atoms with Gasteiger partial charge in [-0.05, 0) is 48.9 Å². The Kier molecular flexibility index (Phi) is 4.77. The van der Waals surface area contributed by atoms with Gasteiger partial charge in [0, 0.05) is 10.7 Å². The molecule has 0 saturated carbocycles. The van der Waals surface area contributed by atoms with Gasteiger partial charge >= 0.3 is 0 Å². The standard InChI is InChI=1S/C17H15ClN4O2/c1-11-4-5-12(9-14(11)18)20-17(23)15-6-7-16(22-21-15)19-10-13-3-2-8-24-13/h2-9H,10H2,1H3,(H,19,22)(H,20,23). The number of furan rings is 1. The Morgan fingerprint density at radius 3 is 2.75 bits per heavy atom. The van der Waals surface area contributed by atoms with Gasteiger partial charge in [-0.2, -0.15) is 0 Å². The number of nitrogens with one attached hydrogen (secondary N) is 2. The van der Waals surface area contributed by atoms with Gasteiger partial charge in [0.15, 0.2) is 5.69 Å². The van der Waals surface area contributed by atoms with Crippen molar-refractivity contribution in [2.75, 3.05) is 10.6 Å². The first-order valence-electron chi connectivity index (χ1n) is 7.29. The second-order valence-corrected chi connectivity index (χ2v) is 5.56. The number of benzene rings is 1. The van der Waals surface area contributed by atoms with E-state index in [0.717, 1.165) is 11.3 Å². The van der Waals surface area contributed by atoms with E-state index >= 15 is 0 Å². The lowest BCUT2D eigenvalue weighted by Crippen LogP contribution is -2.15. The zero-order valence-corrected chi connectivity index (χ0v) is 13.7. The highest BCUT2D eigenvalue weighted by Crippen LogP contribution is 2.20. The van der Waals surface area contributed by atoms with Gasteiger partial charge in [-0.15, -0.1) is 10.2 Å². The molecule has 2 aromatic heterocycles. The van der Waals surface area contributed by atoms with Crippen molar-refractivity contribution < 1.29 is 9.21 Å². The maximum absolute atomic E-state index is 12.2. The van der Waals surface area contributed by atoms with Crippen LogP contribution in [0.2, 0.25) is 5.02 Å². The first kappa shape index (κ1) is 16.0. The molecule has 2 heterocycles. The third-order valence-electron chi connectivity index (χ3n) is 3.35. The van der Waals surface area contributed by atoms with E-state index in [2.05, 4.69) is 20.8 Å². The topological polar surface area (TPSA) is 80.0 Å². The molecule has 0 bridgehead atoms. The van der Waals surface area contributed by atoms with Gasteiger partial charge in [0.05, 0.1) is 12.8 Å².